The number of thiophene rings is 2. The van der Waals surface area contributed by atoms with Crippen molar-refractivity contribution in [3.05, 3.63) is 69.2 Å². The van der Waals surface area contributed by atoms with Crippen LogP contribution in [0.1, 0.15) is 18.0 Å². The average molecular weight is 433 g/mol. The summed E-state index contributed by atoms with van der Waals surface area (Å²) in [6, 6.07) is 10.3. The molecule has 4 rings (SSSR count). The highest BCUT2D eigenvalue weighted by Crippen LogP contribution is 2.34. The van der Waals surface area contributed by atoms with Crippen LogP contribution >= 0.6 is 34.4 Å². The lowest BCUT2D eigenvalue weighted by molar-refractivity contribution is 0.325. The van der Waals surface area contributed by atoms with Crippen LogP contribution in [0.4, 0.5) is 4.39 Å². The molecule has 0 saturated heterocycles. The predicted octanol–water partition coefficient (Wildman–Crippen LogP) is 5.73. The van der Waals surface area contributed by atoms with E-state index in [9.17, 15) is 9.18 Å². The molecule has 0 aliphatic heterocycles. The second-order valence-corrected chi connectivity index (χ2v) is 9.30. The molecule has 0 aliphatic carbocycles. The number of hydrogen-bond acceptors (Lipinski definition) is 6. The van der Waals surface area contributed by atoms with Crippen LogP contribution in [-0.2, 0) is 0 Å². The first-order valence-corrected chi connectivity index (χ1v) is 11.5. The van der Waals surface area contributed by atoms with E-state index in [1.54, 1.807) is 41.3 Å². The third kappa shape index (κ3) is 3.99. The molecule has 0 radical (unpaired) electrons. The Morgan fingerprint density at radius 2 is 2.11 bits per heavy atom. The number of H-pyrrole nitrogens is 1. The molecule has 0 unspecified atom stereocenters. The molecule has 0 fully saturated rings. The van der Waals surface area contributed by atoms with E-state index in [2.05, 4.69) is 9.97 Å². The Kier molecular flexibility index (Phi) is 5.79. The second-order valence-electron chi connectivity index (χ2n) is 6.05. The number of rotatable bonds is 7. The molecular formula is C20H17FN2O2S3. The van der Waals surface area contributed by atoms with Crippen molar-refractivity contribution >= 4 is 44.7 Å². The third-order valence-corrected chi connectivity index (χ3v) is 7.08. The highest BCUT2D eigenvalue weighted by molar-refractivity contribution is 7.99. The van der Waals surface area contributed by atoms with Crippen LogP contribution in [0.15, 0.2) is 52.0 Å². The first kappa shape index (κ1) is 19.2. The van der Waals surface area contributed by atoms with Crippen molar-refractivity contribution in [3.8, 4) is 16.2 Å². The maximum absolute atomic E-state index is 13.6. The molecule has 28 heavy (non-hydrogen) atoms. The number of aromatic nitrogens is 2. The van der Waals surface area contributed by atoms with E-state index in [0.29, 0.717) is 23.6 Å². The van der Waals surface area contributed by atoms with Gasteiger partial charge in [0.2, 0.25) is 0 Å². The topological polar surface area (TPSA) is 55.0 Å². The van der Waals surface area contributed by atoms with Gasteiger partial charge in [-0.2, -0.15) is 0 Å². The Balaban J connectivity index is 1.44. The van der Waals surface area contributed by atoms with Gasteiger partial charge in [0.25, 0.3) is 5.56 Å². The normalized spacial score (nSPS) is 12.4. The Bertz CT molecular complexity index is 1140. The molecule has 0 amide bonds. The molecule has 4 aromatic rings. The van der Waals surface area contributed by atoms with Gasteiger partial charge in [-0.05, 0) is 30.5 Å². The molecule has 3 aromatic heterocycles. The van der Waals surface area contributed by atoms with Crippen LogP contribution in [-0.4, -0.2) is 22.3 Å². The van der Waals surface area contributed by atoms with E-state index >= 15 is 0 Å². The second kappa shape index (κ2) is 8.46. The number of benzene rings is 1. The van der Waals surface area contributed by atoms with Crippen molar-refractivity contribution in [2.45, 2.75) is 12.2 Å². The van der Waals surface area contributed by atoms with Gasteiger partial charge >= 0.3 is 0 Å². The summed E-state index contributed by atoms with van der Waals surface area (Å²) in [6.07, 6.45) is 0. The zero-order valence-corrected chi connectivity index (χ0v) is 17.4. The van der Waals surface area contributed by atoms with Crippen molar-refractivity contribution in [1.82, 2.24) is 9.97 Å². The van der Waals surface area contributed by atoms with E-state index in [0.717, 1.165) is 15.3 Å². The molecule has 4 nitrogen and oxygen atoms in total. The number of fused-ring (bicyclic) bond motifs is 1. The molecule has 3 heterocycles. The molecular weight excluding hydrogens is 415 g/mol. The van der Waals surface area contributed by atoms with E-state index in [-0.39, 0.29) is 22.4 Å². The first-order chi connectivity index (χ1) is 13.6. The summed E-state index contributed by atoms with van der Waals surface area (Å²) in [5, 5.41) is 4.63. The summed E-state index contributed by atoms with van der Waals surface area (Å²) in [6.45, 7) is 2.37. The van der Waals surface area contributed by atoms with Crippen LogP contribution in [0.3, 0.4) is 0 Å². The lowest BCUT2D eigenvalue weighted by Crippen LogP contribution is -2.13. The Hall–Kier alpha value is -2.16. The highest BCUT2D eigenvalue weighted by Gasteiger charge is 2.16. The van der Waals surface area contributed by atoms with Gasteiger partial charge in [-0.1, -0.05) is 18.2 Å². The largest absolute Gasteiger partial charge is 0.490 e. The molecule has 1 N–H and O–H groups in total. The van der Waals surface area contributed by atoms with Crippen molar-refractivity contribution in [1.29, 1.82) is 0 Å². The number of nitrogens with one attached hydrogen (secondary N) is 1. The van der Waals surface area contributed by atoms with Gasteiger partial charge in [0.15, 0.2) is 11.6 Å². The summed E-state index contributed by atoms with van der Waals surface area (Å²) in [7, 11) is 0. The summed E-state index contributed by atoms with van der Waals surface area (Å²) in [5.41, 5.74) is 0.827. The zero-order chi connectivity index (χ0) is 19.5. The lowest BCUT2D eigenvalue weighted by Gasteiger charge is -2.11. The molecule has 1 atom stereocenters. The maximum Gasteiger partial charge on any atom is 0.260 e. The number of hydrogen-bond donors (Lipinski definition) is 1. The van der Waals surface area contributed by atoms with Crippen LogP contribution in [0.2, 0.25) is 0 Å². The zero-order valence-electron chi connectivity index (χ0n) is 15.0. The van der Waals surface area contributed by atoms with E-state index in [1.807, 2.05) is 29.8 Å². The van der Waals surface area contributed by atoms with Crippen LogP contribution in [0.25, 0.3) is 20.7 Å². The number of halogens is 1. The SMILES string of the molecule is C[C@@H](SCCOc1ccccc1F)c1nc2scc(-c3cccs3)c2c(=O)[nH]1. The minimum Gasteiger partial charge on any atom is -0.490 e. The third-order valence-electron chi connectivity index (χ3n) is 4.18. The fourth-order valence-corrected chi connectivity index (χ4v) is 5.36. The minimum absolute atomic E-state index is 0.00592. The van der Waals surface area contributed by atoms with Gasteiger partial charge in [0, 0.05) is 21.6 Å². The quantitative estimate of drug-likeness (QED) is 0.379. The minimum atomic E-state index is -0.365. The van der Waals surface area contributed by atoms with E-state index < -0.39 is 0 Å². The van der Waals surface area contributed by atoms with Gasteiger partial charge in [0.05, 0.1) is 17.2 Å². The van der Waals surface area contributed by atoms with Gasteiger partial charge in [0.1, 0.15) is 10.7 Å². The fourth-order valence-electron chi connectivity index (χ4n) is 2.79. The molecule has 144 valence electrons. The number of thioether (sulfide) groups is 1. The molecule has 0 bridgehead atoms. The van der Waals surface area contributed by atoms with Crippen LogP contribution in [0, 0.1) is 5.82 Å². The smallest absolute Gasteiger partial charge is 0.260 e. The molecule has 0 aliphatic rings. The van der Waals surface area contributed by atoms with Gasteiger partial charge in [-0.3, -0.25) is 4.79 Å². The van der Waals surface area contributed by atoms with Crippen LogP contribution in [0.5, 0.6) is 5.75 Å². The number of para-hydroxylation sites is 1. The van der Waals surface area contributed by atoms with Crippen molar-refractivity contribution < 1.29 is 9.13 Å². The van der Waals surface area contributed by atoms with Gasteiger partial charge < -0.3 is 9.72 Å². The molecule has 8 heteroatoms. The summed E-state index contributed by atoms with van der Waals surface area (Å²) >= 11 is 4.70. The van der Waals surface area contributed by atoms with Crippen molar-refractivity contribution in [2.24, 2.45) is 0 Å². The summed E-state index contributed by atoms with van der Waals surface area (Å²) in [5.74, 6) is 1.19. The van der Waals surface area contributed by atoms with E-state index in [4.69, 9.17) is 4.74 Å². The lowest BCUT2D eigenvalue weighted by atomic mass is 10.2. The number of ether oxygens (including phenoxy) is 1. The number of nitrogens with zero attached hydrogens (tertiary/aromatic N) is 1. The van der Waals surface area contributed by atoms with E-state index in [1.165, 1.54) is 17.4 Å². The summed E-state index contributed by atoms with van der Waals surface area (Å²) < 4.78 is 19.0. The Morgan fingerprint density at radius 3 is 2.89 bits per heavy atom. The monoisotopic (exact) mass is 432 g/mol. The number of aromatic amines is 1. The molecule has 0 spiro atoms. The van der Waals surface area contributed by atoms with Crippen molar-refractivity contribution in [2.75, 3.05) is 12.4 Å². The fraction of sp³-hybridized carbons (Fsp3) is 0.200. The average Bonchev–Trinajstić information content (AvgIpc) is 3.35. The van der Waals surface area contributed by atoms with Gasteiger partial charge in [-0.25, -0.2) is 9.37 Å². The predicted molar refractivity (Wildman–Crippen MR) is 116 cm³/mol. The first-order valence-electron chi connectivity index (χ1n) is 8.67. The van der Waals surface area contributed by atoms with Crippen molar-refractivity contribution in [3.63, 3.8) is 0 Å². The molecule has 0 saturated carbocycles. The Morgan fingerprint density at radius 1 is 1.25 bits per heavy atom. The van der Waals surface area contributed by atoms with Gasteiger partial charge in [-0.15, -0.1) is 34.4 Å². The maximum atomic E-state index is 13.6. The Labute approximate surface area is 173 Å². The van der Waals surface area contributed by atoms with Crippen LogP contribution < -0.4 is 10.3 Å². The summed E-state index contributed by atoms with van der Waals surface area (Å²) in [4.78, 5) is 22.1. The highest BCUT2D eigenvalue weighted by atomic mass is 32.2. The standard InChI is InChI=1S/C20H17FN2O2S3/c1-12(26-10-8-25-15-6-3-2-5-14(15)21)18-22-19(24)17-13(11-28-20(17)23-18)16-7-4-9-27-16/h2-7,9,11-12H,8,10H2,1H3,(H,22,23,24)/t12-/m1/s1. The molecule has 1 aromatic carbocycles.